The maximum Gasteiger partial charge on any atom is 0.254 e. The molecule has 2 aliphatic heterocycles. The smallest absolute Gasteiger partial charge is 0.254 e. The van der Waals surface area contributed by atoms with E-state index in [-0.39, 0.29) is 30.6 Å². The third-order valence-electron chi connectivity index (χ3n) is 5.20. The van der Waals surface area contributed by atoms with Gasteiger partial charge in [0.05, 0.1) is 11.7 Å². The Morgan fingerprint density at radius 3 is 2.86 bits per heavy atom. The maximum atomic E-state index is 13.1. The molecule has 0 spiro atoms. The second-order valence-electron chi connectivity index (χ2n) is 7.15. The Balaban J connectivity index is 1.52. The van der Waals surface area contributed by atoms with E-state index in [4.69, 9.17) is 9.47 Å². The predicted molar refractivity (Wildman–Crippen MR) is 102 cm³/mol. The summed E-state index contributed by atoms with van der Waals surface area (Å²) < 4.78 is 10.7. The zero-order valence-corrected chi connectivity index (χ0v) is 15.8. The summed E-state index contributed by atoms with van der Waals surface area (Å²) in [4.78, 5) is 31.1. The van der Waals surface area contributed by atoms with Crippen LogP contribution in [-0.4, -0.2) is 41.6 Å². The molecule has 2 aliphatic rings. The lowest BCUT2D eigenvalue weighted by Crippen LogP contribution is -2.45. The molecule has 0 unspecified atom stereocenters. The Morgan fingerprint density at radius 2 is 2.07 bits per heavy atom. The van der Waals surface area contributed by atoms with Crippen LogP contribution in [0.3, 0.4) is 0 Å². The summed E-state index contributed by atoms with van der Waals surface area (Å²) in [6.45, 7) is 2.95. The number of nitrogens with zero attached hydrogens (tertiary/aromatic N) is 2. The molecule has 4 rings (SSSR count). The first-order chi connectivity index (χ1) is 13.6. The molecule has 1 aromatic heterocycles. The molecule has 1 aromatic carbocycles. The van der Waals surface area contributed by atoms with Crippen molar-refractivity contribution in [3.63, 3.8) is 0 Å². The largest absolute Gasteiger partial charge is 0.454 e. The van der Waals surface area contributed by atoms with Crippen molar-refractivity contribution in [1.29, 1.82) is 0 Å². The summed E-state index contributed by atoms with van der Waals surface area (Å²) in [5.41, 5.74) is 1.40. The van der Waals surface area contributed by atoms with E-state index < -0.39 is 0 Å². The van der Waals surface area contributed by atoms with E-state index in [2.05, 4.69) is 10.3 Å². The fourth-order valence-electron chi connectivity index (χ4n) is 3.89. The van der Waals surface area contributed by atoms with Gasteiger partial charge in [0, 0.05) is 37.7 Å². The number of likely N-dealkylation sites (tertiary alicyclic amines) is 1. The molecule has 0 aliphatic carbocycles. The number of benzene rings is 1. The van der Waals surface area contributed by atoms with E-state index in [1.54, 1.807) is 24.4 Å². The van der Waals surface area contributed by atoms with Crippen LogP contribution in [0, 0.1) is 5.92 Å². The number of carbonyl (C=O) groups excluding carboxylic acids is 2. The quantitative estimate of drug-likeness (QED) is 0.880. The van der Waals surface area contributed by atoms with Crippen molar-refractivity contribution in [2.24, 2.45) is 5.92 Å². The number of nitrogens with one attached hydrogen (secondary N) is 1. The Kier molecular flexibility index (Phi) is 5.14. The van der Waals surface area contributed by atoms with Gasteiger partial charge in [-0.25, -0.2) is 0 Å². The molecule has 7 heteroatoms. The van der Waals surface area contributed by atoms with Crippen LogP contribution in [0.25, 0.3) is 0 Å². The van der Waals surface area contributed by atoms with Gasteiger partial charge in [0.1, 0.15) is 0 Å². The molecule has 3 heterocycles. The number of piperidine rings is 1. The van der Waals surface area contributed by atoms with Gasteiger partial charge in [-0.3, -0.25) is 14.6 Å². The number of carbonyl (C=O) groups is 2. The van der Waals surface area contributed by atoms with Crippen molar-refractivity contribution in [3.8, 4) is 11.5 Å². The van der Waals surface area contributed by atoms with Gasteiger partial charge < -0.3 is 19.7 Å². The number of rotatable bonds is 4. The zero-order chi connectivity index (χ0) is 19.5. The summed E-state index contributed by atoms with van der Waals surface area (Å²) in [5.74, 6) is 1.23. The van der Waals surface area contributed by atoms with Gasteiger partial charge in [0.2, 0.25) is 12.7 Å². The topological polar surface area (TPSA) is 80.8 Å². The second kappa shape index (κ2) is 7.88. The zero-order valence-electron chi connectivity index (χ0n) is 15.8. The average molecular weight is 381 g/mol. The van der Waals surface area contributed by atoms with Crippen LogP contribution >= 0.6 is 0 Å². The molecule has 146 valence electrons. The van der Waals surface area contributed by atoms with Crippen LogP contribution in [0.2, 0.25) is 0 Å². The third kappa shape index (κ3) is 3.78. The molecule has 0 bridgehead atoms. The number of hydrogen-bond acceptors (Lipinski definition) is 5. The maximum absolute atomic E-state index is 13.1. The van der Waals surface area contributed by atoms with E-state index >= 15 is 0 Å². The lowest BCUT2D eigenvalue weighted by Gasteiger charge is -2.37. The summed E-state index contributed by atoms with van der Waals surface area (Å²) >= 11 is 0. The number of fused-ring (bicyclic) bond motifs is 1. The van der Waals surface area contributed by atoms with Gasteiger partial charge >= 0.3 is 0 Å². The molecule has 1 N–H and O–H groups in total. The van der Waals surface area contributed by atoms with Crippen molar-refractivity contribution < 1.29 is 19.1 Å². The molecule has 28 heavy (non-hydrogen) atoms. The summed E-state index contributed by atoms with van der Waals surface area (Å²) in [5, 5.41) is 3.02. The number of pyridine rings is 1. The second-order valence-corrected chi connectivity index (χ2v) is 7.15. The summed E-state index contributed by atoms with van der Waals surface area (Å²) in [6.07, 6.45) is 3.53. The first-order valence-electron chi connectivity index (χ1n) is 9.49. The van der Waals surface area contributed by atoms with Crippen LogP contribution in [-0.2, 0) is 4.79 Å². The molecule has 2 amide bonds. The van der Waals surface area contributed by atoms with E-state index in [9.17, 15) is 9.59 Å². The molecular weight excluding hydrogens is 358 g/mol. The van der Waals surface area contributed by atoms with Crippen LogP contribution < -0.4 is 14.8 Å². The molecule has 0 saturated carbocycles. The van der Waals surface area contributed by atoms with Crippen molar-refractivity contribution >= 4 is 11.8 Å². The van der Waals surface area contributed by atoms with E-state index in [0.29, 0.717) is 30.2 Å². The van der Waals surface area contributed by atoms with Crippen LogP contribution in [0.4, 0.5) is 0 Å². The van der Waals surface area contributed by atoms with E-state index in [1.807, 2.05) is 23.1 Å². The predicted octanol–water partition coefficient (Wildman–Crippen LogP) is 2.54. The van der Waals surface area contributed by atoms with Gasteiger partial charge in [0.15, 0.2) is 11.5 Å². The molecule has 0 radical (unpaired) electrons. The monoisotopic (exact) mass is 381 g/mol. The first kappa shape index (κ1) is 18.3. The third-order valence-corrected chi connectivity index (χ3v) is 5.20. The van der Waals surface area contributed by atoms with E-state index in [1.165, 1.54) is 6.92 Å². The first-order valence-corrected chi connectivity index (χ1v) is 9.49. The molecule has 1 saturated heterocycles. The van der Waals surface area contributed by atoms with Crippen molar-refractivity contribution in [2.45, 2.75) is 25.8 Å². The van der Waals surface area contributed by atoms with Crippen LogP contribution in [0.5, 0.6) is 11.5 Å². The Hall–Kier alpha value is -3.09. The van der Waals surface area contributed by atoms with Gasteiger partial charge in [-0.15, -0.1) is 0 Å². The minimum Gasteiger partial charge on any atom is -0.454 e. The Labute approximate surface area is 163 Å². The number of ether oxygens (including phenoxy) is 2. The molecule has 2 aromatic rings. The van der Waals surface area contributed by atoms with Gasteiger partial charge in [-0.1, -0.05) is 6.07 Å². The number of amides is 2. The molecular formula is C21H23N3O4. The highest BCUT2D eigenvalue weighted by atomic mass is 16.7. The highest BCUT2D eigenvalue weighted by Crippen LogP contribution is 2.34. The van der Waals surface area contributed by atoms with Crippen molar-refractivity contribution in [2.75, 3.05) is 19.9 Å². The van der Waals surface area contributed by atoms with Gasteiger partial charge in [-0.2, -0.15) is 0 Å². The average Bonchev–Trinajstić information content (AvgIpc) is 3.20. The van der Waals surface area contributed by atoms with Gasteiger partial charge in [0.25, 0.3) is 5.91 Å². The highest BCUT2D eigenvalue weighted by molar-refractivity contribution is 5.95. The minimum atomic E-state index is -0.217. The number of aromatic nitrogens is 1. The summed E-state index contributed by atoms with van der Waals surface area (Å²) in [6, 6.07) is 10.7. The van der Waals surface area contributed by atoms with E-state index in [0.717, 1.165) is 18.5 Å². The normalized spacial score (nSPS) is 19.2. The van der Waals surface area contributed by atoms with Crippen LogP contribution in [0.1, 0.15) is 41.9 Å². The lowest BCUT2D eigenvalue weighted by molar-refractivity contribution is -0.120. The minimum absolute atomic E-state index is 0.0365. The Morgan fingerprint density at radius 1 is 1.21 bits per heavy atom. The van der Waals surface area contributed by atoms with Gasteiger partial charge in [-0.05, 0) is 43.2 Å². The number of hydrogen-bond donors (Lipinski definition) is 1. The van der Waals surface area contributed by atoms with Crippen LogP contribution in [0.15, 0.2) is 42.6 Å². The SMILES string of the molecule is CC(=O)N[C@H](c1ccccn1)[C@@H]1CCCN(C(=O)c2ccc3c(c2)OCO3)C1. The van der Waals surface area contributed by atoms with Crippen molar-refractivity contribution in [3.05, 3.63) is 53.9 Å². The fraction of sp³-hybridized carbons (Fsp3) is 0.381. The molecule has 7 nitrogen and oxygen atoms in total. The highest BCUT2D eigenvalue weighted by Gasteiger charge is 2.32. The molecule has 1 fully saturated rings. The Bertz CT molecular complexity index is 871. The van der Waals surface area contributed by atoms with Crippen molar-refractivity contribution in [1.82, 2.24) is 15.2 Å². The standard InChI is InChI=1S/C21H23N3O4/c1-14(25)23-20(17-6-2-3-9-22-17)16-5-4-10-24(12-16)21(26)15-7-8-18-19(11-15)28-13-27-18/h2-3,6-9,11,16,20H,4-5,10,12-13H2,1H3,(H,23,25)/t16-,20+/m1/s1. The summed E-state index contributed by atoms with van der Waals surface area (Å²) in [7, 11) is 0. The molecule has 2 atom stereocenters. The lowest BCUT2D eigenvalue weighted by atomic mass is 9.88. The fourth-order valence-corrected chi connectivity index (χ4v) is 3.89.